The maximum absolute atomic E-state index is 12.7. The smallest absolute Gasteiger partial charge is 0.234 e. The third-order valence-electron chi connectivity index (χ3n) is 4.39. The van der Waals surface area contributed by atoms with Gasteiger partial charge in [0.1, 0.15) is 0 Å². The molecule has 1 amide bonds. The first kappa shape index (κ1) is 11.7. The largest absolute Gasteiger partial charge is 0.316 e. The highest BCUT2D eigenvalue weighted by molar-refractivity contribution is 6.00. The van der Waals surface area contributed by atoms with Crippen LogP contribution in [0.4, 0.5) is 5.69 Å². The Labute approximate surface area is 108 Å². The van der Waals surface area contributed by atoms with Crippen LogP contribution in [0.3, 0.4) is 0 Å². The number of aryl methyl sites for hydroxylation is 1. The lowest BCUT2D eigenvalue weighted by Crippen LogP contribution is -2.45. The molecule has 0 unspecified atom stereocenters. The molecule has 1 aromatic carbocycles. The van der Waals surface area contributed by atoms with Crippen molar-refractivity contribution in [2.75, 3.05) is 24.5 Å². The van der Waals surface area contributed by atoms with Gasteiger partial charge in [0.15, 0.2) is 0 Å². The molecule has 3 heteroatoms. The van der Waals surface area contributed by atoms with Crippen LogP contribution in [0.5, 0.6) is 0 Å². The van der Waals surface area contributed by atoms with Gasteiger partial charge in [-0.25, -0.2) is 0 Å². The van der Waals surface area contributed by atoms with Gasteiger partial charge < -0.3 is 10.2 Å². The molecule has 1 spiro atoms. The van der Waals surface area contributed by atoms with Crippen LogP contribution in [0.2, 0.25) is 0 Å². The first-order valence-electron chi connectivity index (χ1n) is 6.81. The fourth-order valence-electron chi connectivity index (χ4n) is 3.28. The lowest BCUT2D eigenvalue weighted by Gasteiger charge is -2.32. The molecule has 2 aliphatic rings. The van der Waals surface area contributed by atoms with E-state index in [1.807, 2.05) is 17.0 Å². The van der Waals surface area contributed by atoms with Crippen molar-refractivity contribution in [1.82, 2.24) is 5.32 Å². The van der Waals surface area contributed by atoms with Gasteiger partial charge in [0.25, 0.3) is 0 Å². The van der Waals surface area contributed by atoms with Crippen LogP contribution in [0.25, 0.3) is 0 Å². The molecular weight excluding hydrogens is 224 g/mol. The summed E-state index contributed by atoms with van der Waals surface area (Å²) < 4.78 is 0. The standard InChI is InChI=1S/C15H20N2O/c1-12-5-2-3-6-13(12)17-10-8-15(14(17)18)7-4-9-16-11-15/h2-3,5-6,16H,4,7-11H2,1H3/t15-/m1/s1. The zero-order valence-corrected chi connectivity index (χ0v) is 10.9. The van der Waals surface area contributed by atoms with Crippen LogP contribution >= 0.6 is 0 Å². The van der Waals surface area contributed by atoms with E-state index in [0.717, 1.165) is 44.6 Å². The summed E-state index contributed by atoms with van der Waals surface area (Å²) in [6.07, 6.45) is 3.15. The van der Waals surface area contributed by atoms with Crippen LogP contribution in [0.1, 0.15) is 24.8 Å². The van der Waals surface area contributed by atoms with Crippen molar-refractivity contribution in [3.8, 4) is 0 Å². The number of piperidine rings is 1. The second-order valence-electron chi connectivity index (χ2n) is 5.55. The minimum atomic E-state index is -0.124. The van der Waals surface area contributed by atoms with Crippen molar-refractivity contribution in [3.05, 3.63) is 29.8 Å². The second kappa shape index (κ2) is 4.39. The molecule has 3 rings (SSSR count). The number of benzene rings is 1. The molecule has 2 heterocycles. The Balaban J connectivity index is 1.89. The van der Waals surface area contributed by atoms with Crippen LogP contribution < -0.4 is 10.2 Å². The van der Waals surface area contributed by atoms with Gasteiger partial charge in [0.2, 0.25) is 5.91 Å². The van der Waals surface area contributed by atoms with Crippen LogP contribution in [0, 0.1) is 12.3 Å². The highest BCUT2D eigenvalue weighted by Crippen LogP contribution is 2.40. The molecule has 18 heavy (non-hydrogen) atoms. The van der Waals surface area contributed by atoms with Gasteiger partial charge in [-0.15, -0.1) is 0 Å². The summed E-state index contributed by atoms with van der Waals surface area (Å²) in [7, 11) is 0. The summed E-state index contributed by atoms with van der Waals surface area (Å²) >= 11 is 0. The molecule has 1 aromatic rings. The van der Waals surface area contributed by atoms with E-state index in [-0.39, 0.29) is 5.41 Å². The van der Waals surface area contributed by atoms with Crippen molar-refractivity contribution in [3.63, 3.8) is 0 Å². The van der Waals surface area contributed by atoms with Crippen molar-refractivity contribution < 1.29 is 4.79 Å². The van der Waals surface area contributed by atoms with E-state index in [1.165, 1.54) is 5.56 Å². The molecule has 2 aliphatic heterocycles. The number of hydrogen-bond acceptors (Lipinski definition) is 2. The van der Waals surface area contributed by atoms with E-state index in [1.54, 1.807) is 0 Å². The molecule has 2 fully saturated rings. The molecule has 0 saturated carbocycles. The first-order valence-corrected chi connectivity index (χ1v) is 6.81. The van der Waals surface area contributed by atoms with Crippen molar-refractivity contribution in [2.24, 2.45) is 5.41 Å². The Morgan fingerprint density at radius 2 is 2.11 bits per heavy atom. The number of carbonyl (C=O) groups excluding carboxylic acids is 1. The zero-order chi connectivity index (χ0) is 12.6. The minimum Gasteiger partial charge on any atom is -0.316 e. The van der Waals surface area contributed by atoms with Gasteiger partial charge in [0.05, 0.1) is 5.41 Å². The summed E-state index contributed by atoms with van der Waals surface area (Å²) in [6.45, 7) is 4.85. The lowest BCUT2D eigenvalue weighted by atomic mass is 9.79. The third-order valence-corrected chi connectivity index (χ3v) is 4.39. The highest BCUT2D eigenvalue weighted by atomic mass is 16.2. The average molecular weight is 244 g/mol. The molecule has 0 radical (unpaired) electrons. The van der Waals surface area contributed by atoms with E-state index < -0.39 is 0 Å². The fourth-order valence-corrected chi connectivity index (χ4v) is 3.28. The topological polar surface area (TPSA) is 32.3 Å². The molecule has 0 bridgehead atoms. The Morgan fingerprint density at radius 3 is 2.83 bits per heavy atom. The predicted molar refractivity (Wildman–Crippen MR) is 72.7 cm³/mol. The molecule has 1 atom stereocenters. The zero-order valence-electron chi connectivity index (χ0n) is 10.9. The summed E-state index contributed by atoms with van der Waals surface area (Å²) in [4.78, 5) is 14.7. The average Bonchev–Trinajstić information content (AvgIpc) is 2.69. The quantitative estimate of drug-likeness (QED) is 0.820. The van der Waals surface area contributed by atoms with Gasteiger partial charge in [-0.05, 0) is 44.4 Å². The normalized spacial score (nSPS) is 28.1. The number of nitrogens with one attached hydrogen (secondary N) is 1. The second-order valence-corrected chi connectivity index (χ2v) is 5.55. The Hall–Kier alpha value is -1.35. The Bertz CT molecular complexity index is 463. The molecule has 96 valence electrons. The van der Waals surface area contributed by atoms with Gasteiger partial charge >= 0.3 is 0 Å². The first-order chi connectivity index (χ1) is 8.73. The monoisotopic (exact) mass is 244 g/mol. The predicted octanol–water partition coefficient (Wildman–Crippen LogP) is 2.10. The summed E-state index contributed by atoms with van der Waals surface area (Å²) in [6, 6.07) is 8.17. The van der Waals surface area contributed by atoms with Gasteiger partial charge in [-0.3, -0.25) is 4.79 Å². The summed E-state index contributed by atoms with van der Waals surface area (Å²) in [5.41, 5.74) is 2.15. The van der Waals surface area contributed by atoms with E-state index in [9.17, 15) is 4.79 Å². The molecule has 0 aliphatic carbocycles. The molecule has 2 saturated heterocycles. The van der Waals surface area contributed by atoms with Crippen molar-refractivity contribution in [1.29, 1.82) is 0 Å². The number of hydrogen-bond donors (Lipinski definition) is 1. The number of rotatable bonds is 1. The van der Waals surface area contributed by atoms with E-state index in [4.69, 9.17) is 0 Å². The number of amides is 1. The Kier molecular flexibility index (Phi) is 2.86. The maximum atomic E-state index is 12.7. The lowest BCUT2D eigenvalue weighted by molar-refractivity contribution is -0.126. The SMILES string of the molecule is Cc1ccccc1N1CC[C@@]2(CCCNC2)C1=O. The number of anilines is 1. The number of para-hydroxylation sites is 1. The molecular formula is C15H20N2O. The number of nitrogens with zero attached hydrogens (tertiary/aromatic N) is 1. The van der Waals surface area contributed by atoms with E-state index in [2.05, 4.69) is 24.4 Å². The third kappa shape index (κ3) is 1.74. The van der Waals surface area contributed by atoms with Gasteiger partial charge in [0, 0.05) is 18.8 Å². The van der Waals surface area contributed by atoms with Crippen molar-refractivity contribution >= 4 is 11.6 Å². The van der Waals surface area contributed by atoms with E-state index >= 15 is 0 Å². The fraction of sp³-hybridized carbons (Fsp3) is 0.533. The highest BCUT2D eigenvalue weighted by Gasteiger charge is 2.47. The summed E-state index contributed by atoms with van der Waals surface area (Å²) in [5, 5.41) is 3.39. The maximum Gasteiger partial charge on any atom is 0.234 e. The van der Waals surface area contributed by atoms with Crippen LogP contribution in [0.15, 0.2) is 24.3 Å². The number of carbonyl (C=O) groups is 1. The molecule has 0 aromatic heterocycles. The minimum absolute atomic E-state index is 0.124. The van der Waals surface area contributed by atoms with Crippen molar-refractivity contribution in [2.45, 2.75) is 26.2 Å². The molecule has 3 nitrogen and oxygen atoms in total. The van der Waals surface area contributed by atoms with E-state index in [0.29, 0.717) is 5.91 Å². The Morgan fingerprint density at radius 1 is 1.28 bits per heavy atom. The van der Waals surface area contributed by atoms with Crippen LogP contribution in [-0.2, 0) is 4.79 Å². The van der Waals surface area contributed by atoms with Gasteiger partial charge in [-0.1, -0.05) is 18.2 Å². The molecule has 1 N–H and O–H groups in total. The van der Waals surface area contributed by atoms with Gasteiger partial charge in [-0.2, -0.15) is 0 Å². The van der Waals surface area contributed by atoms with Crippen LogP contribution in [-0.4, -0.2) is 25.5 Å². The summed E-state index contributed by atoms with van der Waals surface area (Å²) in [5.74, 6) is 0.323.